The summed E-state index contributed by atoms with van der Waals surface area (Å²) in [6, 6.07) is 21.0. The molecular formula is C28H28FN3O3S. The molecule has 2 fully saturated rings. The van der Waals surface area contributed by atoms with Crippen molar-refractivity contribution in [1.82, 2.24) is 14.1 Å². The van der Waals surface area contributed by atoms with Crippen LogP contribution in [0.3, 0.4) is 0 Å². The Morgan fingerprint density at radius 1 is 1.11 bits per heavy atom. The van der Waals surface area contributed by atoms with E-state index in [2.05, 4.69) is 36.3 Å². The molecule has 6 rings (SSSR count). The van der Waals surface area contributed by atoms with Crippen molar-refractivity contribution >= 4 is 20.9 Å². The number of aryl methyl sites for hydroxylation is 1. The molecule has 0 spiro atoms. The number of nitrogens with zero attached hydrogens (tertiary/aromatic N) is 3. The van der Waals surface area contributed by atoms with E-state index in [9.17, 15) is 12.8 Å². The number of rotatable bonds is 7. The van der Waals surface area contributed by atoms with Crippen LogP contribution in [-0.4, -0.2) is 55.1 Å². The van der Waals surface area contributed by atoms with Gasteiger partial charge in [0.1, 0.15) is 5.82 Å². The molecule has 0 N–H and O–H groups in total. The van der Waals surface area contributed by atoms with Crippen LogP contribution in [0.4, 0.5) is 4.39 Å². The van der Waals surface area contributed by atoms with E-state index in [0.29, 0.717) is 13.1 Å². The lowest BCUT2D eigenvalue weighted by Crippen LogP contribution is -2.37. The first kappa shape index (κ1) is 23.3. The average Bonchev–Trinajstić information content (AvgIpc) is 3.15. The molecule has 0 amide bonds. The van der Waals surface area contributed by atoms with Gasteiger partial charge in [-0.05, 0) is 65.9 Å². The molecule has 186 valence electrons. The number of halogens is 1. The van der Waals surface area contributed by atoms with Crippen molar-refractivity contribution in [2.75, 3.05) is 32.6 Å². The monoisotopic (exact) mass is 505 g/mol. The summed E-state index contributed by atoms with van der Waals surface area (Å²) < 4.78 is 48.1. The Morgan fingerprint density at radius 2 is 1.86 bits per heavy atom. The van der Waals surface area contributed by atoms with Crippen molar-refractivity contribution in [3.05, 3.63) is 95.4 Å². The lowest BCUT2D eigenvalue weighted by molar-refractivity contribution is 0.215. The molecular weight excluding hydrogens is 477 g/mol. The fourth-order valence-electron chi connectivity index (χ4n) is 6.22. The largest absolute Gasteiger partial charge is 0.384 e. The van der Waals surface area contributed by atoms with Crippen LogP contribution in [0.25, 0.3) is 16.6 Å². The lowest BCUT2D eigenvalue weighted by atomic mass is 9.87. The Bertz CT molecular complexity index is 1540. The summed E-state index contributed by atoms with van der Waals surface area (Å²) in [4.78, 5) is 0. The zero-order valence-electron chi connectivity index (χ0n) is 20.3. The number of sulfonamides is 1. The number of methoxy groups -OCH3 is 1. The van der Waals surface area contributed by atoms with E-state index in [0.717, 1.165) is 22.2 Å². The molecule has 1 saturated carbocycles. The van der Waals surface area contributed by atoms with Crippen molar-refractivity contribution in [3.63, 3.8) is 0 Å². The molecule has 0 radical (unpaired) electrons. The standard InChI is InChI=1S/C28H28FN3O3S/c1-19-14-26-21(16-30-32(26)23-10-8-22(29)9-11-23)15-24(19)28-18-31(36(33,34)13-12-35-2)17-25(28)27(28)20-6-4-3-5-7-20/h3-11,14-16,25,27H,12-13,17-18H2,1-2H3/t25-,27-,28+/m1/s1. The van der Waals surface area contributed by atoms with Crippen LogP contribution in [0.5, 0.6) is 0 Å². The summed E-state index contributed by atoms with van der Waals surface area (Å²) in [6.07, 6.45) is 1.83. The Kier molecular flexibility index (Phi) is 5.51. The number of fused-ring (bicyclic) bond motifs is 2. The molecule has 0 unspecified atom stereocenters. The number of aromatic nitrogens is 2. The second-order valence-electron chi connectivity index (χ2n) is 9.90. The summed E-state index contributed by atoms with van der Waals surface area (Å²) in [7, 11) is -1.88. The van der Waals surface area contributed by atoms with Gasteiger partial charge in [-0.1, -0.05) is 30.3 Å². The highest BCUT2D eigenvalue weighted by atomic mass is 32.2. The highest BCUT2D eigenvalue weighted by Crippen LogP contribution is 2.70. The van der Waals surface area contributed by atoms with Gasteiger partial charge in [0.2, 0.25) is 10.0 Å². The molecule has 8 heteroatoms. The van der Waals surface area contributed by atoms with Gasteiger partial charge in [-0.15, -0.1) is 0 Å². The molecule has 6 nitrogen and oxygen atoms in total. The molecule has 36 heavy (non-hydrogen) atoms. The summed E-state index contributed by atoms with van der Waals surface area (Å²) in [5.41, 5.74) is 4.98. The Balaban J connectivity index is 1.43. The fourth-order valence-corrected chi connectivity index (χ4v) is 7.65. The molecule has 1 saturated heterocycles. The maximum absolute atomic E-state index is 13.5. The Morgan fingerprint density at radius 3 is 2.58 bits per heavy atom. The van der Waals surface area contributed by atoms with E-state index in [1.165, 1.54) is 30.4 Å². The van der Waals surface area contributed by atoms with Crippen LogP contribution in [-0.2, 0) is 20.2 Å². The van der Waals surface area contributed by atoms with Crippen molar-refractivity contribution in [3.8, 4) is 5.69 Å². The van der Waals surface area contributed by atoms with Gasteiger partial charge in [0, 0.05) is 36.9 Å². The van der Waals surface area contributed by atoms with E-state index in [4.69, 9.17) is 4.74 Å². The van der Waals surface area contributed by atoms with Gasteiger partial charge in [0.05, 0.1) is 29.8 Å². The van der Waals surface area contributed by atoms with E-state index >= 15 is 0 Å². The Labute approximate surface area is 210 Å². The SMILES string of the molecule is COCCS(=O)(=O)N1C[C@@H]2[C@@H](c3ccccc3)[C@]2(c2cc3cnn(-c4ccc(F)cc4)c3cc2C)C1. The van der Waals surface area contributed by atoms with E-state index in [-0.39, 0.29) is 35.4 Å². The van der Waals surface area contributed by atoms with Crippen LogP contribution >= 0.6 is 0 Å². The second kappa shape index (κ2) is 8.50. The third kappa shape index (κ3) is 3.58. The lowest BCUT2D eigenvalue weighted by Gasteiger charge is -2.25. The molecule has 1 aliphatic heterocycles. The second-order valence-corrected chi connectivity index (χ2v) is 12.0. The molecule has 0 bridgehead atoms. The van der Waals surface area contributed by atoms with Gasteiger partial charge in [-0.3, -0.25) is 0 Å². The highest BCUT2D eigenvalue weighted by molar-refractivity contribution is 7.89. The molecule has 4 aromatic rings. The summed E-state index contributed by atoms with van der Waals surface area (Å²) in [5.74, 6) is 0.173. The topological polar surface area (TPSA) is 64.4 Å². The van der Waals surface area contributed by atoms with Crippen molar-refractivity contribution < 1.29 is 17.5 Å². The minimum atomic E-state index is -3.41. The first-order chi connectivity index (χ1) is 17.3. The van der Waals surface area contributed by atoms with Crippen molar-refractivity contribution in [1.29, 1.82) is 0 Å². The van der Waals surface area contributed by atoms with Crippen LogP contribution in [0.1, 0.15) is 22.6 Å². The molecule has 3 atom stereocenters. The first-order valence-electron chi connectivity index (χ1n) is 12.1. The van der Waals surface area contributed by atoms with E-state index in [1.807, 2.05) is 29.1 Å². The first-order valence-corrected chi connectivity index (χ1v) is 13.7. The maximum atomic E-state index is 13.5. The van der Waals surface area contributed by atoms with Crippen LogP contribution in [0.15, 0.2) is 72.9 Å². The average molecular weight is 506 g/mol. The van der Waals surface area contributed by atoms with Gasteiger partial charge in [0.15, 0.2) is 0 Å². The number of piperidine rings is 1. The predicted molar refractivity (Wildman–Crippen MR) is 137 cm³/mol. The predicted octanol–water partition coefficient (Wildman–Crippen LogP) is 4.42. The number of hydrogen-bond acceptors (Lipinski definition) is 4. The molecule has 1 aromatic heterocycles. The normalized spacial score (nSPS) is 23.8. The van der Waals surface area contributed by atoms with Gasteiger partial charge in [0.25, 0.3) is 0 Å². The van der Waals surface area contributed by atoms with Crippen LogP contribution < -0.4 is 0 Å². The fraction of sp³-hybridized carbons (Fsp3) is 0.321. The van der Waals surface area contributed by atoms with Gasteiger partial charge in [-0.2, -0.15) is 5.10 Å². The molecule has 1 aliphatic carbocycles. The third-order valence-electron chi connectivity index (χ3n) is 7.93. The summed E-state index contributed by atoms with van der Waals surface area (Å²) in [6.45, 7) is 3.25. The summed E-state index contributed by atoms with van der Waals surface area (Å²) in [5, 5.41) is 5.56. The molecule has 2 aliphatic rings. The number of benzene rings is 3. The van der Waals surface area contributed by atoms with E-state index < -0.39 is 10.0 Å². The minimum absolute atomic E-state index is 0.00917. The van der Waals surface area contributed by atoms with Gasteiger partial charge < -0.3 is 4.74 Å². The smallest absolute Gasteiger partial charge is 0.216 e. The quantitative estimate of drug-likeness (QED) is 0.373. The Hall–Kier alpha value is -3.07. The van der Waals surface area contributed by atoms with Crippen molar-refractivity contribution in [2.45, 2.75) is 18.3 Å². The maximum Gasteiger partial charge on any atom is 0.216 e. The third-order valence-corrected chi connectivity index (χ3v) is 9.68. The summed E-state index contributed by atoms with van der Waals surface area (Å²) >= 11 is 0. The van der Waals surface area contributed by atoms with Crippen molar-refractivity contribution in [2.24, 2.45) is 5.92 Å². The molecule has 2 heterocycles. The van der Waals surface area contributed by atoms with Gasteiger partial charge >= 0.3 is 0 Å². The zero-order valence-corrected chi connectivity index (χ0v) is 21.1. The number of hydrogen-bond donors (Lipinski definition) is 0. The zero-order chi connectivity index (χ0) is 25.1. The van der Waals surface area contributed by atoms with Crippen LogP contribution in [0.2, 0.25) is 0 Å². The number of ether oxygens (including phenoxy) is 1. The van der Waals surface area contributed by atoms with E-state index in [1.54, 1.807) is 16.4 Å². The minimum Gasteiger partial charge on any atom is -0.384 e. The molecule has 3 aromatic carbocycles. The highest BCUT2D eigenvalue weighted by Gasteiger charge is 2.71. The van der Waals surface area contributed by atoms with Crippen LogP contribution in [0, 0.1) is 18.7 Å². The van der Waals surface area contributed by atoms with Gasteiger partial charge in [-0.25, -0.2) is 21.8 Å².